The zero-order chi connectivity index (χ0) is 14.5. The normalized spacial score (nSPS) is 15.2. The summed E-state index contributed by atoms with van der Waals surface area (Å²) in [7, 11) is 0. The van der Waals surface area contributed by atoms with E-state index in [0.717, 1.165) is 25.3 Å². The van der Waals surface area contributed by atoms with E-state index in [1.807, 2.05) is 0 Å². The molecule has 2 N–H and O–H groups in total. The second-order valence-corrected chi connectivity index (χ2v) is 5.20. The number of hydrogen-bond acceptors (Lipinski definition) is 2. The molecule has 2 rings (SSSR count). The number of hydrogen-bond donors (Lipinski definition) is 2. The number of carbonyl (C=O) groups is 2. The molecule has 0 aliphatic heterocycles. The number of anilines is 1. The average molecular weight is 279 g/mol. The maximum atomic E-state index is 13.5. The van der Waals surface area contributed by atoms with E-state index < -0.39 is 17.3 Å². The predicted molar refractivity (Wildman–Crippen MR) is 73.2 cm³/mol. The highest BCUT2D eigenvalue weighted by Gasteiger charge is 2.19. The van der Waals surface area contributed by atoms with Crippen molar-refractivity contribution in [3.05, 3.63) is 29.6 Å². The first kappa shape index (κ1) is 14.5. The molecule has 1 aromatic carbocycles. The molecule has 0 spiro atoms. The van der Waals surface area contributed by atoms with Crippen molar-refractivity contribution < 1.29 is 19.1 Å². The minimum atomic E-state index is -1.38. The van der Waals surface area contributed by atoms with Crippen LogP contribution in [0.3, 0.4) is 0 Å². The van der Waals surface area contributed by atoms with Crippen molar-refractivity contribution in [2.45, 2.75) is 38.5 Å². The first-order chi connectivity index (χ1) is 9.58. The van der Waals surface area contributed by atoms with Gasteiger partial charge in [0.25, 0.3) is 0 Å². The van der Waals surface area contributed by atoms with E-state index in [0.29, 0.717) is 12.3 Å². The smallest absolute Gasteiger partial charge is 0.340 e. The number of benzene rings is 1. The van der Waals surface area contributed by atoms with Crippen LogP contribution in [0.15, 0.2) is 18.2 Å². The Morgan fingerprint density at radius 3 is 2.65 bits per heavy atom. The molecule has 108 valence electrons. The van der Waals surface area contributed by atoms with E-state index in [1.54, 1.807) is 0 Å². The fraction of sp³-hybridized carbons (Fsp3) is 0.467. The number of amides is 1. The minimum absolute atomic E-state index is 0.0221. The second-order valence-electron chi connectivity index (χ2n) is 5.20. The molecule has 20 heavy (non-hydrogen) atoms. The Morgan fingerprint density at radius 2 is 2.00 bits per heavy atom. The quantitative estimate of drug-likeness (QED) is 0.867. The molecule has 0 unspecified atom stereocenters. The summed E-state index contributed by atoms with van der Waals surface area (Å²) >= 11 is 0. The molecule has 1 aromatic rings. The van der Waals surface area contributed by atoms with Crippen molar-refractivity contribution in [2.24, 2.45) is 5.92 Å². The number of aromatic carboxylic acids is 1. The largest absolute Gasteiger partial charge is 0.478 e. The van der Waals surface area contributed by atoms with Gasteiger partial charge in [-0.2, -0.15) is 0 Å². The highest BCUT2D eigenvalue weighted by Crippen LogP contribution is 2.28. The maximum absolute atomic E-state index is 13.5. The van der Waals surface area contributed by atoms with Crippen LogP contribution in [0.5, 0.6) is 0 Å². The summed E-state index contributed by atoms with van der Waals surface area (Å²) in [6, 6.07) is 3.85. The highest BCUT2D eigenvalue weighted by molar-refractivity contribution is 6.00. The lowest BCUT2D eigenvalue weighted by atomic mass is 10.0. The van der Waals surface area contributed by atoms with Crippen LogP contribution in [0.2, 0.25) is 0 Å². The maximum Gasteiger partial charge on any atom is 0.340 e. The summed E-state index contributed by atoms with van der Waals surface area (Å²) in [6.07, 6.45) is 5.92. The predicted octanol–water partition coefficient (Wildman–Crippen LogP) is 3.43. The molecule has 0 saturated heterocycles. The van der Waals surface area contributed by atoms with Crippen molar-refractivity contribution in [1.29, 1.82) is 0 Å². The molecule has 0 atom stereocenters. The van der Waals surface area contributed by atoms with Gasteiger partial charge in [0.2, 0.25) is 5.91 Å². The molecule has 4 nitrogen and oxygen atoms in total. The SMILES string of the molecule is O=C(CCC1CCCC1)Nc1cccc(F)c1C(=O)O. The van der Waals surface area contributed by atoms with Gasteiger partial charge in [-0.1, -0.05) is 31.7 Å². The van der Waals surface area contributed by atoms with Crippen molar-refractivity contribution in [1.82, 2.24) is 0 Å². The Hall–Kier alpha value is -1.91. The average Bonchev–Trinajstić information content (AvgIpc) is 2.89. The van der Waals surface area contributed by atoms with Gasteiger partial charge in [-0.25, -0.2) is 9.18 Å². The van der Waals surface area contributed by atoms with Crippen LogP contribution in [-0.2, 0) is 4.79 Å². The summed E-state index contributed by atoms with van der Waals surface area (Å²) in [5, 5.41) is 11.5. The molecule has 0 bridgehead atoms. The summed E-state index contributed by atoms with van der Waals surface area (Å²) in [5.41, 5.74) is -0.462. The van der Waals surface area contributed by atoms with Crippen LogP contribution in [0.1, 0.15) is 48.9 Å². The zero-order valence-corrected chi connectivity index (χ0v) is 11.2. The lowest BCUT2D eigenvalue weighted by Gasteiger charge is -2.11. The van der Waals surface area contributed by atoms with Crippen LogP contribution in [-0.4, -0.2) is 17.0 Å². The fourth-order valence-electron chi connectivity index (χ4n) is 2.69. The molecule has 1 saturated carbocycles. The Labute approximate surface area is 117 Å². The molecule has 1 amide bonds. The van der Waals surface area contributed by atoms with Crippen molar-refractivity contribution in [3.8, 4) is 0 Å². The van der Waals surface area contributed by atoms with Crippen molar-refractivity contribution in [3.63, 3.8) is 0 Å². The zero-order valence-electron chi connectivity index (χ0n) is 11.2. The van der Waals surface area contributed by atoms with Gasteiger partial charge < -0.3 is 10.4 Å². The van der Waals surface area contributed by atoms with Gasteiger partial charge in [0, 0.05) is 6.42 Å². The topological polar surface area (TPSA) is 66.4 Å². The van der Waals surface area contributed by atoms with Crippen molar-refractivity contribution in [2.75, 3.05) is 5.32 Å². The Morgan fingerprint density at radius 1 is 1.30 bits per heavy atom. The van der Waals surface area contributed by atoms with Crippen LogP contribution >= 0.6 is 0 Å². The molecular formula is C15H18FNO3. The van der Waals surface area contributed by atoms with Gasteiger partial charge in [-0.3, -0.25) is 4.79 Å². The Bertz CT molecular complexity index is 510. The summed E-state index contributed by atoms with van der Waals surface area (Å²) < 4.78 is 13.5. The Balaban J connectivity index is 1.96. The number of carboxylic acids is 1. The number of carbonyl (C=O) groups excluding carboxylic acids is 1. The van der Waals surface area contributed by atoms with Gasteiger partial charge in [0.05, 0.1) is 5.69 Å². The van der Waals surface area contributed by atoms with Gasteiger partial charge in [0.15, 0.2) is 0 Å². The number of rotatable bonds is 5. The lowest BCUT2D eigenvalue weighted by Crippen LogP contribution is -2.16. The van der Waals surface area contributed by atoms with Crippen LogP contribution in [0, 0.1) is 11.7 Å². The van der Waals surface area contributed by atoms with E-state index >= 15 is 0 Å². The third-order valence-electron chi connectivity index (χ3n) is 3.76. The van der Waals surface area contributed by atoms with Gasteiger partial charge in [-0.05, 0) is 24.5 Å². The standard InChI is InChI=1S/C15H18FNO3/c16-11-6-3-7-12(14(11)15(19)20)17-13(18)9-8-10-4-1-2-5-10/h3,6-7,10H,1-2,4-5,8-9H2,(H,17,18)(H,19,20). The second kappa shape index (κ2) is 6.50. The third-order valence-corrected chi connectivity index (χ3v) is 3.76. The highest BCUT2D eigenvalue weighted by atomic mass is 19.1. The van der Waals surface area contributed by atoms with E-state index in [4.69, 9.17) is 5.11 Å². The molecule has 0 aromatic heterocycles. The molecule has 0 radical (unpaired) electrons. The van der Waals surface area contributed by atoms with Crippen LogP contribution < -0.4 is 5.32 Å². The van der Waals surface area contributed by atoms with Crippen molar-refractivity contribution >= 4 is 17.6 Å². The molecule has 5 heteroatoms. The molecule has 0 heterocycles. The third kappa shape index (κ3) is 3.56. The van der Waals surface area contributed by atoms with Crippen LogP contribution in [0.4, 0.5) is 10.1 Å². The van der Waals surface area contributed by atoms with E-state index in [-0.39, 0.29) is 11.6 Å². The number of nitrogens with one attached hydrogen (secondary N) is 1. The monoisotopic (exact) mass is 279 g/mol. The van der Waals surface area contributed by atoms with Gasteiger partial charge in [0.1, 0.15) is 11.4 Å². The first-order valence-corrected chi connectivity index (χ1v) is 6.89. The number of halogens is 1. The number of carboxylic acid groups (broad SMARTS) is 1. The summed E-state index contributed by atoms with van der Waals surface area (Å²) in [6.45, 7) is 0. The first-order valence-electron chi connectivity index (χ1n) is 6.89. The lowest BCUT2D eigenvalue weighted by molar-refractivity contribution is -0.116. The fourth-order valence-corrected chi connectivity index (χ4v) is 2.69. The summed E-state index contributed by atoms with van der Waals surface area (Å²) in [4.78, 5) is 22.8. The Kier molecular flexibility index (Phi) is 4.71. The molecular weight excluding hydrogens is 261 g/mol. The molecule has 1 fully saturated rings. The van der Waals surface area contributed by atoms with E-state index in [9.17, 15) is 14.0 Å². The molecule has 1 aliphatic carbocycles. The molecule has 1 aliphatic rings. The van der Waals surface area contributed by atoms with Gasteiger partial charge >= 0.3 is 5.97 Å². The van der Waals surface area contributed by atoms with E-state index in [2.05, 4.69) is 5.32 Å². The minimum Gasteiger partial charge on any atom is -0.478 e. The van der Waals surface area contributed by atoms with Gasteiger partial charge in [-0.15, -0.1) is 0 Å². The van der Waals surface area contributed by atoms with Crippen LogP contribution in [0.25, 0.3) is 0 Å². The van der Waals surface area contributed by atoms with E-state index in [1.165, 1.54) is 25.0 Å². The summed E-state index contributed by atoms with van der Waals surface area (Å²) in [5.74, 6) is -1.89.